The summed E-state index contributed by atoms with van der Waals surface area (Å²) in [5.74, 6) is -0.890. The van der Waals surface area contributed by atoms with Gasteiger partial charge >= 0.3 is 0 Å². The van der Waals surface area contributed by atoms with E-state index in [9.17, 15) is 9.18 Å². The fourth-order valence-corrected chi connectivity index (χ4v) is 1.62. The molecule has 0 fully saturated rings. The summed E-state index contributed by atoms with van der Waals surface area (Å²) in [6, 6.07) is 11.1. The number of amides is 1. The molecule has 0 saturated heterocycles. The van der Waals surface area contributed by atoms with Crippen LogP contribution in [0, 0.1) is 12.7 Å². The van der Waals surface area contributed by atoms with Gasteiger partial charge in [-0.2, -0.15) is 0 Å². The molecule has 0 heterocycles. The van der Waals surface area contributed by atoms with Gasteiger partial charge in [0.15, 0.2) is 0 Å². The quantitative estimate of drug-likeness (QED) is 0.798. The highest BCUT2D eigenvalue weighted by Gasteiger charge is 2.11. The summed E-state index contributed by atoms with van der Waals surface area (Å²) in [6.07, 6.45) is 0. The molecule has 0 spiro atoms. The summed E-state index contributed by atoms with van der Waals surface area (Å²) in [7, 11) is 0. The lowest BCUT2D eigenvalue weighted by Crippen LogP contribution is -2.15. The summed E-state index contributed by atoms with van der Waals surface area (Å²) in [5.41, 5.74) is 7.50. The van der Waals surface area contributed by atoms with Crippen LogP contribution in [-0.2, 0) is 0 Å². The molecule has 0 aliphatic heterocycles. The Balaban J connectivity index is 2.28. The van der Waals surface area contributed by atoms with Crippen LogP contribution < -0.4 is 11.1 Å². The molecule has 3 N–H and O–H groups in total. The Morgan fingerprint density at radius 1 is 1.22 bits per heavy atom. The third-order valence-corrected chi connectivity index (χ3v) is 2.58. The van der Waals surface area contributed by atoms with E-state index in [4.69, 9.17) is 5.73 Å². The molecule has 2 aromatic carbocycles. The summed E-state index contributed by atoms with van der Waals surface area (Å²) in [6.45, 7) is 1.86. The standard InChI is InChI=1S/C14H13FN2O/c1-9-6-7-12(16)10(8-9)14(18)17-13-5-3-2-4-11(13)15/h2-8H,16H2,1H3,(H,17,18). The molecule has 1 amide bonds. The van der Waals surface area contributed by atoms with Gasteiger partial charge in [0, 0.05) is 5.69 Å². The minimum absolute atomic E-state index is 0.142. The molecule has 2 rings (SSSR count). The molecular weight excluding hydrogens is 231 g/mol. The average Bonchev–Trinajstić information content (AvgIpc) is 2.35. The first-order valence-electron chi connectivity index (χ1n) is 5.50. The zero-order chi connectivity index (χ0) is 13.1. The minimum atomic E-state index is -0.475. The summed E-state index contributed by atoms with van der Waals surface area (Å²) in [4.78, 5) is 12.0. The number of halogens is 1. The van der Waals surface area contributed by atoms with Crippen molar-refractivity contribution >= 4 is 17.3 Å². The molecule has 4 heteroatoms. The predicted octanol–water partition coefficient (Wildman–Crippen LogP) is 2.97. The summed E-state index contributed by atoms with van der Waals surface area (Å²) < 4.78 is 13.4. The zero-order valence-corrected chi connectivity index (χ0v) is 9.91. The van der Waals surface area contributed by atoms with Crippen LogP contribution in [0.3, 0.4) is 0 Å². The van der Waals surface area contributed by atoms with Crippen molar-refractivity contribution in [3.63, 3.8) is 0 Å². The fraction of sp³-hybridized carbons (Fsp3) is 0.0714. The molecule has 0 atom stereocenters. The van der Waals surface area contributed by atoms with E-state index < -0.39 is 11.7 Å². The first-order chi connectivity index (χ1) is 8.58. The molecule has 0 saturated carbocycles. The van der Waals surface area contributed by atoms with E-state index in [1.54, 1.807) is 24.3 Å². The van der Waals surface area contributed by atoms with E-state index in [2.05, 4.69) is 5.32 Å². The highest BCUT2D eigenvalue weighted by atomic mass is 19.1. The van der Waals surface area contributed by atoms with Gasteiger partial charge in [0.2, 0.25) is 0 Å². The normalized spacial score (nSPS) is 10.1. The Bertz CT molecular complexity index is 596. The Morgan fingerprint density at radius 2 is 1.94 bits per heavy atom. The fourth-order valence-electron chi connectivity index (χ4n) is 1.62. The Kier molecular flexibility index (Phi) is 3.28. The van der Waals surface area contributed by atoms with Gasteiger partial charge in [-0.25, -0.2) is 4.39 Å². The van der Waals surface area contributed by atoms with Gasteiger partial charge in [0.05, 0.1) is 11.3 Å². The maximum atomic E-state index is 13.4. The van der Waals surface area contributed by atoms with Crippen molar-refractivity contribution in [1.82, 2.24) is 0 Å². The van der Waals surface area contributed by atoms with Gasteiger partial charge in [-0.1, -0.05) is 23.8 Å². The van der Waals surface area contributed by atoms with Crippen LogP contribution in [0.5, 0.6) is 0 Å². The van der Waals surface area contributed by atoms with Gasteiger partial charge in [-0.3, -0.25) is 4.79 Å². The van der Waals surface area contributed by atoms with Crippen LogP contribution in [0.1, 0.15) is 15.9 Å². The Hall–Kier alpha value is -2.36. The molecular formula is C14H13FN2O. The number of nitrogens with two attached hydrogens (primary N) is 1. The van der Waals surface area contributed by atoms with E-state index in [1.807, 2.05) is 13.0 Å². The van der Waals surface area contributed by atoms with Crippen molar-refractivity contribution < 1.29 is 9.18 Å². The maximum absolute atomic E-state index is 13.4. The van der Waals surface area contributed by atoms with Gasteiger partial charge in [0.1, 0.15) is 5.82 Å². The smallest absolute Gasteiger partial charge is 0.257 e. The molecule has 18 heavy (non-hydrogen) atoms. The van der Waals surface area contributed by atoms with E-state index in [1.165, 1.54) is 12.1 Å². The Morgan fingerprint density at radius 3 is 2.67 bits per heavy atom. The lowest BCUT2D eigenvalue weighted by molar-refractivity contribution is 0.102. The maximum Gasteiger partial charge on any atom is 0.257 e. The molecule has 0 aliphatic rings. The third-order valence-electron chi connectivity index (χ3n) is 2.58. The number of nitrogen functional groups attached to an aromatic ring is 1. The van der Waals surface area contributed by atoms with Crippen LogP contribution in [0.25, 0.3) is 0 Å². The van der Waals surface area contributed by atoms with E-state index in [0.717, 1.165) is 5.56 Å². The van der Waals surface area contributed by atoms with Crippen LogP contribution in [0.2, 0.25) is 0 Å². The largest absolute Gasteiger partial charge is 0.398 e. The molecule has 0 radical (unpaired) electrons. The monoisotopic (exact) mass is 244 g/mol. The second kappa shape index (κ2) is 4.87. The van der Waals surface area contributed by atoms with Crippen LogP contribution in [-0.4, -0.2) is 5.91 Å². The minimum Gasteiger partial charge on any atom is -0.398 e. The number of anilines is 2. The lowest BCUT2D eigenvalue weighted by atomic mass is 10.1. The highest BCUT2D eigenvalue weighted by Crippen LogP contribution is 2.18. The number of carbonyl (C=O) groups excluding carboxylic acids is 1. The van der Waals surface area contributed by atoms with Crippen molar-refractivity contribution in [2.75, 3.05) is 11.1 Å². The molecule has 0 unspecified atom stereocenters. The first-order valence-corrected chi connectivity index (χ1v) is 5.50. The number of benzene rings is 2. The van der Waals surface area contributed by atoms with Crippen molar-refractivity contribution in [3.8, 4) is 0 Å². The van der Waals surface area contributed by atoms with E-state index >= 15 is 0 Å². The third kappa shape index (κ3) is 2.48. The second-order valence-corrected chi connectivity index (χ2v) is 4.02. The molecule has 0 aliphatic carbocycles. The Labute approximate surface area is 104 Å². The highest BCUT2D eigenvalue weighted by molar-refractivity contribution is 6.07. The van der Waals surface area contributed by atoms with E-state index in [-0.39, 0.29) is 5.69 Å². The van der Waals surface area contributed by atoms with Crippen LogP contribution in [0.4, 0.5) is 15.8 Å². The number of nitrogens with one attached hydrogen (secondary N) is 1. The van der Waals surface area contributed by atoms with Crippen molar-refractivity contribution in [2.24, 2.45) is 0 Å². The van der Waals surface area contributed by atoms with Gasteiger partial charge in [-0.05, 0) is 31.2 Å². The SMILES string of the molecule is Cc1ccc(N)c(C(=O)Nc2ccccc2F)c1. The molecule has 2 aromatic rings. The summed E-state index contributed by atoms with van der Waals surface area (Å²) in [5, 5.41) is 2.50. The number of rotatable bonds is 2. The average molecular weight is 244 g/mol. The number of carbonyl (C=O) groups is 1. The topological polar surface area (TPSA) is 55.1 Å². The predicted molar refractivity (Wildman–Crippen MR) is 69.9 cm³/mol. The number of hydrogen-bond donors (Lipinski definition) is 2. The van der Waals surface area contributed by atoms with Gasteiger partial charge in [0.25, 0.3) is 5.91 Å². The van der Waals surface area contributed by atoms with Crippen LogP contribution in [0.15, 0.2) is 42.5 Å². The van der Waals surface area contributed by atoms with Crippen molar-refractivity contribution in [2.45, 2.75) is 6.92 Å². The first kappa shape index (κ1) is 12.1. The molecule has 0 aromatic heterocycles. The number of para-hydroxylation sites is 1. The summed E-state index contributed by atoms with van der Waals surface area (Å²) >= 11 is 0. The molecule has 92 valence electrons. The molecule has 0 bridgehead atoms. The van der Waals surface area contributed by atoms with E-state index in [0.29, 0.717) is 11.3 Å². The van der Waals surface area contributed by atoms with Crippen molar-refractivity contribution in [1.29, 1.82) is 0 Å². The van der Waals surface area contributed by atoms with Gasteiger partial charge < -0.3 is 11.1 Å². The number of hydrogen-bond acceptors (Lipinski definition) is 2. The zero-order valence-electron chi connectivity index (χ0n) is 9.91. The van der Waals surface area contributed by atoms with Gasteiger partial charge in [-0.15, -0.1) is 0 Å². The lowest BCUT2D eigenvalue weighted by Gasteiger charge is -2.08. The molecule has 3 nitrogen and oxygen atoms in total. The number of aryl methyl sites for hydroxylation is 1. The van der Waals surface area contributed by atoms with Crippen molar-refractivity contribution in [3.05, 3.63) is 59.4 Å². The second-order valence-electron chi connectivity index (χ2n) is 4.02. The van der Waals surface area contributed by atoms with Crippen LogP contribution >= 0.6 is 0 Å².